The van der Waals surface area contributed by atoms with E-state index in [9.17, 15) is 69.6 Å². The molecule has 0 bridgehead atoms. The van der Waals surface area contributed by atoms with Crippen molar-refractivity contribution in [2.45, 2.75) is 26.3 Å². The third-order valence-corrected chi connectivity index (χ3v) is 7.68. The highest BCUT2D eigenvalue weighted by Gasteiger charge is 2.54. The predicted molar refractivity (Wildman–Crippen MR) is 77.1 cm³/mol. The monoisotopic (exact) mass is 516 g/mol. The lowest BCUT2D eigenvalue weighted by atomic mass is 10.1. The zero-order valence-electron chi connectivity index (χ0n) is 13.4. The first-order chi connectivity index (χ1) is 13.0. The first-order valence-electron chi connectivity index (χ1n) is 6.56. The molecule has 0 N–H and O–H groups in total. The highest BCUT2D eigenvalue weighted by atomic mass is 32.2. The van der Waals surface area contributed by atoms with Crippen LogP contribution in [0.1, 0.15) is 10.4 Å². The molecule has 0 saturated carbocycles. The summed E-state index contributed by atoms with van der Waals surface area (Å²) < 4.78 is 181. The van der Waals surface area contributed by atoms with Crippen LogP contribution in [0, 0.1) is 0 Å². The van der Waals surface area contributed by atoms with Gasteiger partial charge in [-0.15, -0.1) is 0 Å². The minimum atomic E-state index is -6.88. The van der Waals surface area contributed by atoms with E-state index >= 15 is 0 Å². The Kier molecular flexibility index (Phi) is 6.41. The second-order valence-electron chi connectivity index (χ2n) is 5.19. The van der Waals surface area contributed by atoms with E-state index in [0.717, 1.165) is 0 Å². The van der Waals surface area contributed by atoms with Gasteiger partial charge in [0.1, 0.15) is 5.75 Å². The fraction of sp³-hybridized carbons (Fsp3) is 0.364. The van der Waals surface area contributed by atoms with Crippen LogP contribution in [-0.2, 0) is 29.5 Å². The van der Waals surface area contributed by atoms with E-state index in [-0.39, 0.29) is 6.07 Å². The maximum Gasteiger partial charge on any atom is 0.501 e. The zero-order valence-corrected chi connectivity index (χ0v) is 15.9. The molecule has 0 aliphatic heterocycles. The maximum atomic E-state index is 12.8. The fourth-order valence-corrected chi connectivity index (χ4v) is 4.72. The Bertz CT molecular complexity index is 1170. The average Bonchev–Trinajstić information content (AvgIpc) is 2.50. The summed E-state index contributed by atoms with van der Waals surface area (Å²) in [5.41, 5.74) is -20.2. The van der Waals surface area contributed by atoms with Crippen LogP contribution in [0.4, 0.5) is 39.5 Å². The number of benzene rings is 1. The molecule has 0 aromatic heterocycles. The summed E-state index contributed by atoms with van der Waals surface area (Å²) in [5.74, 6) is -4.60. The summed E-state index contributed by atoms with van der Waals surface area (Å²) in [4.78, 5) is 6.57. The summed E-state index contributed by atoms with van der Waals surface area (Å²) in [6.07, 6.45) is 0. The molecule has 0 aliphatic carbocycles. The van der Waals surface area contributed by atoms with E-state index in [1.54, 1.807) is 0 Å². The first kappa shape index (κ1) is 26.1. The molecule has 0 spiro atoms. The third kappa shape index (κ3) is 4.71. The number of ketones is 1. The highest BCUT2D eigenvalue weighted by Crippen LogP contribution is 2.39. The van der Waals surface area contributed by atoms with Crippen LogP contribution in [0.25, 0.3) is 0 Å². The molecule has 0 amide bonds. The van der Waals surface area contributed by atoms with Gasteiger partial charge in [-0.3, -0.25) is 4.79 Å². The topological polar surface area (TPSA) is 119 Å². The summed E-state index contributed by atoms with van der Waals surface area (Å²) in [6, 6.07) is -1.09. The number of halogens is 9. The minimum absolute atomic E-state index is 0.0672. The first-order valence-corrected chi connectivity index (χ1v) is 11.2. The second-order valence-corrected chi connectivity index (χ2v) is 11.0. The van der Waals surface area contributed by atoms with Crippen molar-refractivity contribution in [3.05, 3.63) is 23.8 Å². The van der Waals surface area contributed by atoms with E-state index in [2.05, 4.69) is 0 Å². The molecule has 1 aromatic carbocycles. The van der Waals surface area contributed by atoms with Gasteiger partial charge in [-0.25, -0.2) is 25.3 Å². The number of rotatable bonds is 5. The minimum Gasteiger partial charge on any atom is -0.293 e. The molecule has 0 radical (unpaired) electrons. The van der Waals surface area contributed by atoms with E-state index in [0.29, 0.717) is 0 Å². The summed E-state index contributed by atoms with van der Waals surface area (Å²) in [6.45, 7) is 0. The number of Topliss-reactive ketones (excluding diaryl/α,β-unsaturated/α-hetero) is 1. The van der Waals surface area contributed by atoms with Crippen molar-refractivity contribution >= 4 is 35.3 Å². The van der Waals surface area contributed by atoms with Gasteiger partial charge in [0.25, 0.3) is 29.5 Å². The number of sulfone groups is 3. The lowest BCUT2D eigenvalue weighted by Crippen LogP contribution is -2.31. The number of carbonyl (C=O) groups is 1. The SMILES string of the molecule is O=C(CS(=O)(=O)C(F)(F)F)c1ccc(S(=O)(=O)C(F)(F)F)c(S(=O)(=O)C(F)(F)F)c1. The van der Waals surface area contributed by atoms with Gasteiger partial charge < -0.3 is 0 Å². The zero-order chi connectivity index (χ0) is 24.1. The Balaban J connectivity index is 3.82. The third-order valence-electron chi connectivity index (χ3n) is 3.13. The summed E-state index contributed by atoms with van der Waals surface area (Å²) in [7, 11) is -19.8. The molecule has 1 aromatic rings. The largest absolute Gasteiger partial charge is 0.501 e. The lowest BCUT2D eigenvalue weighted by molar-refractivity contribution is -0.0456. The molecule has 0 heterocycles. The van der Waals surface area contributed by atoms with E-state index in [1.807, 2.05) is 0 Å². The number of carbonyl (C=O) groups excluding carboxylic acids is 1. The smallest absolute Gasteiger partial charge is 0.293 e. The van der Waals surface area contributed by atoms with Gasteiger partial charge in [0.05, 0.1) is 9.79 Å². The molecular weight excluding hydrogens is 511 g/mol. The summed E-state index contributed by atoms with van der Waals surface area (Å²) in [5, 5.41) is 0. The normalized spacial score (nSPS) is 14.6. The number of hydrogen-bond donors (Lipinski definition) is 0. The quantitative estimate of drug-likeness (QED) is 0.436. The van der Waals surface area contributed by atoms with Crippen molar-refractivity contribution in [3.8, 4) is 0 Å². The van der Waals surface area contributed by atoms with Crippen molar-refractivity contribution in [1.82, 2.24) is 0 Å². The van der Waals surface area contributed by atoms with Crippen LogP contribution in [0.15, 0.2) is 28.0 Å². The molecule has 0 unspecified atom stereocenters. The molecule has 19 heteroatoms. The second kappa shape index (κ2) is 7.36. The van der Waals surface area contributed by atoms with Crippen molar-refractivity contribution in [1.29, 1.82) is 0 Å². The highest BCUT2D eigenvalue weighted by molar-refractivity contribution is 7.95. The van der Waals surface area contributed by atoms with Gasteiger partial charge in [-0.1, -0.05) is 0 Å². The Morgan fingerprint density at radius 3 is 1.43 bits per heavy atom. The van der Waals surface area contributed by atoms with Crippen molar-refractivity contribution in [2.75, 3.05) is 5.75 Å². The van der Waals surface area contributed by atoms with Gasteiger partial charge in [0.15, 0.2) is 5.78 Å². The molecule has 0 aliphatic rings. The van der Waals surface area contributed by atoms with E-state index in [1.165, 1.54) is 0 Å². The van der Waals surface area contributed by atoms with E-state index < -0.39 is 85.1 Å². The fourth-order valence-electron chi connectivity index (χ4n) is 1.70. The number of hydrogen-bond acceptors (Lipinski definition) is 7. The van der Waals surface area contributed by atoms with Gasteiger partial charge in [0.2, 0.25) is 0 Å². The Morgan fingerprint density at radius 1 is 0.667 bits per heavy atom. The van der Waals surface area contributed by atoms with Crippen LogP contribution in [0.5, 0.6) is 0 Å². The summed E-state index contributed by atoms with van der Waals surface area (Å²) >= 11 is 0. The Morgan fingerprint density at radius 2 is 1.07 bits per heavy atom. The molecule has 0 saturated heterocycles. The van der Waals surface area contributed by atoms with Crippen LogP contribution >= 0.6 is 0 Å². The molecule has 0 fully saturated rings. The van der Waals surface area contributed by atoms with Crippen LogP contribution in [-0.4, -0.2) is 53.3 Å². The average molecular weight is 516 g/mol. The van der Waals surface area contributed by atoms with Crippen molar-refractivity contribution in [2.24, 2.45) is 0 Å². The number of alkyl halides is 9. The molecule has 7 nitrogen and oxygen atoms in total. The van der Waals surface area contributed by atoms with Gasteiger partial charge in [-0.05, 0) is 18.2 Å². The Hall–Kier alpha value is -1.89. The van der Waals surface area contributed by atoms with Gasteiger partial charge >= 0.3 is 16.5 Å². The molecule has 0 atom stereocenters. The van der Waals surface area contributed by atoms with Crippen molar-refractivity contribution in [3.63, 3.8) is 0 Å². The van der Waals surface area contributed by atoms with Crippen molar-refractivity contribution < 1.29 is 69.6 Å². The van der Waals surface area contributed by atoms with Crippen LogP contribution < -0.4 is 0 Å². The molecule has 30 heavy (non-hydrogen) atoms. The van der Waals surface area contributed by atoms with Gasteiger partial charge in [0, 0.05) is 5.56 Å². The van der Waals surface area contributed by atoms with Gasteiger partial charge in [-0.2, -0.15) is 39.5 Å². The van der Waals surface area contributed by atoms with Crippen LogP contribution in [0.3, 0.4) is 0 Å². The molecule has 1 rings (SSSR count). The lowest BCUT2D eigenvalue weighted by Gasteiger charge is -2.15. The molecular formula is C11H5F9O7S3. The van der Waals surface area contributed by atoms with E-state index in [4.69, 9.17) is 0 Å². The predicted octanol–water partition coefficient (Wildman–Crippen LogP) is 2.39. The Labute approximate surface area is 161 Å². The van der Waals surface area contributed by atoms with Crippen LogP contribution in [0.2, 0.25) is 0 Å². The maximum absolute atomic E-state index is 12.8. The standard InChI is InChI=1S/C11H5F9O7S3/c12-9(13,14)28(22,23)4-6(21)5-1-2-7(29(24,25)10(15,16)17)8(3-5)30(26,27)11(18,19)20/h1-3H,4H2. The molecule has 172 valence electrons.